The SMILES string of the molecule is C=CCNCc1ccccc1O.Cl. The maximum absolute atomic E-state index is 9.34. The Kier molecular flexibility index (Phi) is 6.02. The molecule has 0 radical (unpaired) electrons. The summed E-state index contributed by atoms with van der Waals surface area (Å²) in [6.07, 6.45) is 1.79. The summed E-state index contributed by atoms with van der Waals surface area (Å²) in [5, 5.41) is 12.5. The van der Waals surface area contributed by atoms with Gasteiger partial charge in [0.25, 0.3) is 0 Å². The molecule has 0 aliphatic rings. The molecule has 0 bridgehead atoms. The van der Waals surface area contributed by atoms with Gasteiger partial charge >= 0.3 is 0 Å². The zero-order valence-corrected chi connectivity index (χ0v) is 8.18. The van der Waals surface area contributed by atoms with E-state index in [1.54, 1.807) is 12.1 Å². The molecule has 0 aliphatic heterocycles. The molecule has 0 heterocycles. The molecule has 13 heavy (non-hydrogen) atoms. The predicted molar refractivity (Wildman–Crippen MR) is 57.3 cm³/mol. The molecule has 0 amide bonds. The lowest BCUT2D eigenvalue weighted by Crippen LogP contribution is -2.12. The number of phenols is 1. The Morgan fingerprint density at radius 1 is 1.38 bits per heavy atom. The van der Waals surface area contributed by atoms with Crippen LogP contribution in [0.1, 0.15) is 5.56 Å². The van der Waals surface area contributed by atoms with Gasteiger partial charge in [0, 0.05) is 18.7 Å². The van der Waals surface area contributed by atoms with Gasteiger partial charge in [-0.05, 0) is 6.07 Å². The number of para-hydroxylation sites is 1. The van der Waals surface area contributed by atoms with Crippen molar-refractivity contribution in [3.63, 3.8) is 0 Å². The van der Waals surface area contributed by atoms with Crippen molar-refractivity contribution in [2.75, 3.05) is 6.54 Å². The Labute approximate surface area is 84.7 Å². The van der Waals surface area contributed by atoms with Gasteiger partial charge in [0.2, 0.25) is 0 Å². The van der Waals surface area contributed by atoms with E-state index in [0.29, 0.717) is 12.3 Å². The Balaban J connectivity index is 0.00000144. The van der Waals surface area contributed by atoms with Gasteiger partial charge < -0.3 is 10.4 Å². The van der Waals surface area contributed by atoms with Crippen molar-refractivity contribution in [2.24, 2.45) is 0 Å². The van der Waals surface area contributed by atoms with Crippen molar-refractivity contribution in [2.45, 2.75) is 6.54 Å². The molecule has 0 spiro atoms. The van der Waals surface area contributed by atoms with Crippen LogP contribution in [-0.4, -0.2) is 11.7 Å². The number of halogens is 1. The standard InChI is InChI=1S/C10H13NO.ClH/c1-2-7-11-8-9-5-3-4-6-10(9)12;/h2-6,11-12H,1,7-8H2;1H. The Morgan fingerprint density at radius 2 is 2.08 bits per heavy atom. The van der Waals surface area contributed by atoms with Crippen molar-refractivity contribution in [3.8, 4) is 5.75 Å². The summed E-state index contributed by atoms with van der Waals surface area (Å²) in [5.41, 5.74) is 0.916. The molecule has 2 nitrogen and oxygen atoms in total. The van der Waals surface area contributed by atoms with E-state index in [4.69, 9.17) is 0 Å². The van der Waals surface area contributed by atoms with Crippen LogP contribution < -0.4 is 5.32 Å². The summed E-state index contributed by atoms with van der Waals surface area (Å²) in [5.74, 6) is 0.342. The van der Waals surface area contributed by atoms with Gasteiger partial charge in [-0.25, -0.2) is 0 Å². The van der Waals surface area contributed by atoms with Crippen LogP contribution in [0.2, 0.25) is 0 Å². The average molecular weight is 200 g/mol. The summed E-state index contributed by atoms with van der Waals surface area (Å²) in [6, 6.07) is 7.30. The smallest absolute Gasteiger partial charge is 0.120 e. The van der Waals surface area contributed by atoms with Crippen LogP contribution in [0.15, 0.2) is 36.9 Å². The molecular weight excluding hydrogens is 186 g/mol. The van der Waals surface area contributed by atoms with Crippen molar-refractivity contribution in [1.82, 2.24) is 5.32 Å². The molecule has 0 atom stereocenters. The highest BCUT2D eigenvalue weighted by molar-refractivity contribution is 5.85. The van der Waals surface area contributed by atoms with Crippen molar-refractivity contribution < 1.29 is 5.11 Å². The fourth-order valence-electron chi connectivity index (χ4n) is 0.969. The third kappa shape index (κ3) is 3.97. The fourth-order valence-corrected chi connectivity index (χ4v) is 0.969. The molecule has 0 saturated carbocycles. The lowest BCUT2D eigenvalue weighted by atomic mass is 10.2. The second-order valence-electron chi connectivity index (χ2n) is 2.55. The lowest BCUT2D eigenvalue weighted by Gasteiger charge is -2.03. The maximum Gasteiger partial charge on any atom is 0.120 e. The summed E-state index contributed by atoms with van der Waals surface area (Å²) >= 11 is 0. The van der Waals surface area contributed by atoms with E-state index >= 15 is 0 Å². The third-order valence-corrected chi connectivity index (χ3v) is 1.60. The predicted octanol–water partition coefficient (Wildman–Crippen LogP) is 2.09. The molecule has 0 aromatic heterocycles. The molecule has 0 aliphatic carbocycles. The highest BCUT2D eigenvalue weighted by Crippen LogP contribution is 2.14. The number of rotatable bonds is 4. The van der Waals surface area contributed by atoms with E-state index < -0.39 is 0 Å². The number of nitrogens with one attached hydrogen (secondary N) is 1. The minimum atomic E-state index is 0. The Hall–Kier alpha value is -0.990. The minimum Gasteiger partial charge on any atom is -0.508 e. The van der Waals surface area contributed by atoms with E-state index in [9.17, 15) is 5.11 Å². The monoisotopic (exact) mass is 199 g/mol. The van der Waals surface area contributed by atoms with Crippen LogP contribution in [0.3, 0.4) is 0 Å². The second-order valence-corrected chi connectivity index (χ2v) is 2.55. The van der Waals surface area contributed by atoms with Gasteiger partial charge in [0.15, 0.2) is 0 Å². The number of aromatic hydroxyl groups is 1. The number of hydrogen-bond donors (Lipinski definition) is 2. The number of hydrogen-bond acceptors (Lipinski definition) is 2. The van der Waals surface area contributed by atoms with Crippen LogP contribution in [0.5, 0.6) is 5.75 Å². The van der Waals surface area contributed by atoms with E-state index in [2.05, 4.69) is 11.9 Å². The first-order valence-corrected chi connectivity index (χ1v) is 3.93. The first-order chi connectivity index (χ1) is 5.84. The minimum absolute atomic E-state index is 0. The quantitative estimate of drug-likeness (QED) is 0.575. The van der Waals surface area contributed by atoms with Gasteiger partial charge in [-0.2, -0.15) is 0 Å². The lowest BCUT2D eigenvalue weighted by molar-refractivity contribution is 0.465. The van der Waals surface area contributed by atoms with Crippen LogP contribution in [0, 0.1) is 0 Å². The molecule has 0 saturated heterocycles. The number of benzene rings is 1. The molecule has 1 aromatic rings. The second kappa shape index (κ2) is 6.52. The van der Waals surface area contributed by atoms with Crippen LogP contribution >= 0.6 is 12.4 Å². The van der Waals surface area contributed by atoms with E-state index in [-0.39, 0.29) is 12.4 Å². The largest absolute Gasteiger partial charge is 0.508 e. The van der Waals surface area contributed by atoms with Crippen LogP contribution in [-0.2, 0) is 6.54 Å². The molecule has 2 N–H and O–H groups in total. The normalized spacial score (nSPS) is 8.92. The van der Waals surface area contributed by atoms with Gasteiger partial charge in [-0.3, -0.25) is 0 Å². The Bertz CT molecular complexity index is 263. The van der Waals surface area contributed by atoms with Crippen molar-refractivity contribution in [3.05, 3.63) is 42.5 Å². The van der Waals surface area contributed by atoms with Crippen LogP contribution in [0.4, 0.5) is 0 Å². The average Bonchev–Trinajstić information content (AvgIpc) is 2.09. The maximum atomic E-state index is 9.34. The highest BCUT2D eigenvalue weighted by Gasteiger charge is 1.96. The van der Waals surface area contributed by atoms with Gasteiger partial charge in [0.1, 0.15) is 5.75 Å². The van der Waals surface area contributed by atoms with Crippen LogP contribution in [0.25, 0.3) is 0 Å². The van der Waals surface area contributed by atoms with Gasteiger partial charge in [-0.1, -0.05) is 24.3 Å². The van der Waals surface area contributed by atoms with Gasteiger partial charge in [0.05, 0.1) is 0 Å². The topological polar surface area (TPSA) is 32.3 Å². The zero-order valence-electron chi connectivity index (χ0n) is 7.36. The Morgan fingerprint density at radius 3 is 2.69 bits per heavy atom. The van der Waals surface area contributed by atoms with E-state index in [1.807, 2.05) is 18.2 Å². The fraction of sp³-hybridized carbons (Fsp3) is 0.200. The van der Waals surface area contributed by atoms with Crippen molar-refractivity contribution >= 4 is 12.4 Å². The number of phenolic OH excluding ortho intramolecular Hbond substituents is 1. The molecule has 72 valence electrons. The molecular formula is C10H14ClNO. The molecule has 3 heteroatoms. The highest BCUT2D eigenvalue weighted by atomic mass is 35.5. The zero-order chi connectivity index (χ0) is 8.81. The molecule has 0 unspecified atom stereocenters. The molecule has 1 rings (SSSR count). The first kappa shape index (κ1) is 12.0. The van der Waals surface area contributed by atoms with E-state index in [1.165, 1.54) is 0 Å². The third-order valence-electron chi connectivity index (χ3n) is 1.60. The first-order valence-electron chi connectivity index (χ1n) is 3.93. The molecule has 1 aromatic carbocycles. The van der Waals surface area contributed by atoms with Gasteiger partial charge in [-0.15, -0.1) is 19.0 Å². The summed E-state index contributed by atoms with van der Waals surface area (Å²) in [7, 11) is 0. The van der Waals surface area contributed by atoms with Crippen molar-refractivity contribution in [1.29, 1.82) is 0 Å². The van der Waals surface area contributed by atoms with E-state index in [0.717, 1.165) is 12.1 Å². The summed E-state index contributed by atoms with van der Waals surface area (Å²) in [4.78, 5) is 0. The summed E-state index contributed by atoms with van der Waals surface area (Å²) < 4.78 is 0. The molecule has 0 fully saturated rings. The summed E-state index contributed by atoms with van der Waals surface area (Å²) in [6.45, 7) is 5.03.